The minimum absolute atomic E-state index is 0.314. The highest BCUT2D eigenvalue weighted by Crippen LogP contribution is 2.13. The first-order chi connectivity index (χ1) is 5.37. The molecule has 0 aromatic rings. The summed E-state index contributed by atoms with van der Waals surface area (Å²) in [7, 11) is 0. The number of hydrogen-bond donors (Lipinski definition) is 0. The van der Waals surface area contributed by atoms with E-state index in [-0.39, 0.29) is 5.97 Å². The van der Waals surface area contributed by atoms with E-state index in [2.05, 4.69) is 0 Å². The number of halogens is 1. The van der Waals surface area contributed by atoms with Crippen molar-refractivity contribution in [3.63, 3.8) is 0 Å². The summed E-state index contributed by atoms with van der Waals surface area (Å²) in [4.78, 5) is 11.2. The van der Waals surface area contributed by atoms with Gasteiger partial charge in [0.25, 0.3) is 0 Å². The number of alkyl halides is 1. The van der Waals surface area contributed by atoms with Crippen LogP contribution < -0.4 is 0 Å². The second kappa shape index (κ2) is 4.70. The Morgan fingerprint density at radius 2 is 2.00 bits per heavy atom. The average molecular weight is 193 g/mol. The smallest absolute Gasteiger partial charge is 0.324 e. The lowest BCUT2D eigenvalue weighted by Gasteiger charge is -2.21. The SMILES string of the molecule is CCCC(Cl)C(=O)OC(C)(C)C. The van der Waals surface area contributed by atoms with E-state index >= 15 is 0 Å². The van der Waals surface area contributed by atoms with Gasteiger partial charge in [0.2, 0.25) is 0 Å². The summed E-state index contributed by atoms with van der Waals surface area (Å²) in [5, 5.41) is -0.491. The molecule has 1 unspecified atom stereocenters. The minimum atomic E-state index is -0.491. The Balaban J connectivity index is 3.87. The van der Waals surface area contributed by atoms with E-state index in [9.17, 15) is 4.79 Å². The van der Waals surface area contributed by atoms with Crippen LogP contribution in [0.4, 0.5) is 0 Å². The quantitative estimate of drug-likeness (QED) is 0.508. The van der Waals surface area contributed by atoms with E-state index in [1.54, 1.807) is 0 Å². The molecule has 0 N–H and O–H groups in total. The molecule has 0 saturated carbocycles. The van der Waals surface area contributed by atoms with E-state index in [0.29, 0.717) is 6.42 Å². The predicted octanol–water partition coefficient (Wildman–Crippen LogP) is 2.74. The molecule has 0 aliphatic rings. The van der Waals surface area contributed by atoms with Crippen molar-refractivity contribution in [2.24, 2.45) is 0 Å². The second-order valence-electron chi connectivity index (χ2n) is 3.79. The van der Waals surface area contributed by atoms with Crippen LogP contribution in [0.3, 0.4) is 0 Å². The maximum absolute atomic E-state index is 11.2. The van der Waals surface area contributed by atoms with Gasteiger partial charge in [0.05, 0.1) is 0 Å². The first kappa shape index (κ1) is 11.8. The van der Waals surface area contributed by atoms with Gasteiger partial charge in [-0.15, -0.1) is 11.6 Å². The summed E-state index contributed by atoms with van der Waals surface area (Å²) in [5.74, 6) is -0.314. The third-order valence-electron chi connectivity index (χ3n) is 1.20. The van der Waals surface area contributed by atoms with E-state index in [4.69, 9.17) is 16.3 Å². The second-order valence-corrected chi connectivity index (χ2v) is 4.32. The molecule has 3 heteroatoms. The van der Waals surface area contributed by atoms with Crippen LogP contribution in [0.5, 0.6) is 0 Å². The number of carbonyl (C=O) groups is 1. The maximum Gasteiger partial charge on any atom is 0.324 e. The van der Waals surface area contributed by atoms with Crippen molar-refractivity contribution in [2.45, 2.75) is 51.5 Å². The van der Waals surface area contributed by atoms with Gasteiger partial charge in [-0.25, -0.2) is 0 Å². The summed E-state index contributed by atoms with van der Waals surface area (Å²) >= 11 is 5.76. The molecule has 0 aromatic carbocycles. The molecule has 0 fully saturated rings. The van der Waals surface area contributed by atoms with Gasteiger partial charge < -0.3 is 4.74 Å². The van der Waals surface area contributed by atoms with Gasteiger partial charge in [0, 0.05) is 0 Å². The van der Waals surface area contributed by atoms with Crippen molar-refractivity contribution in [3.05, 3.63) is 0 Å². The van der Waals surface area contributed by atoms with Gasteiger partial charge in [0.1, 0.15) is 11.0 Å². The Hall–Kier alpha value is -0.240. The molecule has 2 nitrogen and oxygen atoms in total. The molecule has 12 heavy (non-hydrogen) atoms. The van der Waals surface area contributed by atoms with Crippen molar-refractivity contribution in [2.75, 3.05) is 0 Å². The number of esters is 1. The van der Waals surface area contributed by atoms with Crippen LogP contribution in [-0.4, -0.2) is 16.9 Å². The van der Waals surface area contributed by atoms with Crippen LogP contribution in [-0.2, 0) is 9.53 Å². The van der Waals surface area contributed by atoms with Gasteiger partial charge in [-0.05, 0) is 27.2 Å². The lowest BCUT2D eigenvalue weighted by Crippen LogP contribution is -2.29. The van der Waals surface area contributed by atoms with Crippen LogP contribution in [0.25, 0.3) is 0 Å². The Kier molecular flexibility index (Phi) is 4.61. The molecule has 0 heterocycles. The van der Waals surface area contributed by atoms with Crippen molar-refractivity contribution in [3.8, 4) is 0 Å². The van der Waals surface area contributed by atoms with Gasteiger partial charge in [-0.3, -0.25) is 4.79 Å². The van der Waals surface area contributed by atoms with Gasteiger partial charge in [0.15, 0.2) is 0 Å². The molecule has 0 bridgehead atoms. The fourth-order valence-corrected chi connectivity index (χ4v) is 1.000. The molecule has 0 aliphatic carbocycles. The van der Waals surface area contributed by atoms with Crippen LogP contribution in [0.2, 0.25) is 0 Å². The molecular weight excluding hydrogens is 176 g/mol. The van der Waals surface area contributed by atoms with E-state index in [1.165, 1.54) is 0 Å². The fourth-order valence-electron chi connectivity index (χ4n) is 0.737. The minimum Gasteiger partial charge on any atom is -0.459 e. The highest BCUT2D eigenvalue weighted by molar-refractivity contribution is 6.29. The van der Waals surface area contributed by atoms with Crippen molar-refractivity contribution >= 4 is 17.6 Å². The van der Waals surface area contributed by atoms with Crippen LogP contribution in [0, 0.1) is 0 Å². The predicted molar refractivity (Wildman–Crippen MR) is 50.4 cm³/mol. The zero-order chi connectivity index (χ0) is 9.78. The average Bonchev–Trinajstić information content (AvgIpc) is 1.84. The largest absolute Gasteiger partial charge is 0.459 e. The number of ether oxygens (including phenoxy) is 1. The Bertz CT molecular complexity index is 149. The van der Waals surface area contributed by atoms with Crippen LogP contribution >= 0.6 is 11.6 Å². The molecule has 0 aliphatic heterocycles. The molecule has 0 rings (SSSR count). The first-order valence-corrected chi connectivity index (χ1v) is 4.67. The number of carbonyl (C=O) groups excluding carboxylic acids is 1. The summed E-state index contributed by atoms with van der Waals surface area (Å²) in [5.41, 5.74) is -0.433. The van der Waals surface area contributed by atoms with Gasteiger partial charge in [-0.1, -0.05) is 13.3 Å². The Morgan fingerprint density at radius 1 is 1.50 bits per heavy atom. The zero-order valence-electron chi connectivity index (χ0n) is 8.19. The molecule has 0 saturated heterocycles. The molecule has 0 amide bonds. The standard InChI is InChI=1S/C9H17ClO2/c1-5-6-7(10)8(11)12-9(2,3)4/h7H,5-6H2,1-4H3. The maximum atomic E-state index is 11.2. The first-order valence-electron chi connectivity index (χ1n) is 4.23. The summed E-state index contributed by atoms with van der Waals surface area (Å²) < 4.78 is 5.08. The summed E-state index contributed by atoms with van der Waals surface area (Å²) in [6, 6.07) is 0. The summed E-state index contributed by atoms with van der Waals surface area (Å²) in [6.45, 7) is 7.49. The number of hydrogen-bond acceptors (Lipinski definition) is 2. The van der Waals surface area contributed by atoms with Crippen molar-refractivity contribution < 1.29 is 9.53 Å². The number of rotatable bonds is 3. The van der Waals surface area contributed by atoms with Crippen molar-refractivity contribution in [1.82, 2.24) is 0 Å². The Morgan fingerprint density at radius 3 is 2.33 bits per heavy atom. The lowest BCUT2D eigenvalue weighted by atomic mass is 10.2. The lowest BCUT2D eigenvalue weighted by molar-refractivity contribution is -0.154. The topological polar surface area (TPSA) is 26.3 Å². The Labute approximate surface area is 79.2 Å². The van der Waals surface area contributed by atoms with E-state index < -0.39 is 11.0 Å². The normalized spacial score (nSPS) is 14.1. The van der Waals surface area contributed by atoms with E-state index in [1.807, 2.05) is 27.7 Å². The zero-order valence-corrected chi connectivity index (χ0v) is 8.94. The molecule has 0 aromatic heterocycles. The third-order valence-corrected chi connectivity index (χ3v) is 1.60. The molecule has 1 atom stereocenters. The molecular formula is C9H17ClO2. The highest BCUT2D eigenvalue weighted by atomic mass is 35.5. The molecule has 0 radical (unpaired) electrons. The van der Waals surface area contributed by atoms with Crippen LogP contribution in [0.15, 0.2) is 0 Å². The van der Waals surface area contributed by atoms with E-state index in [0.717, 1.165) is 6.42 Å². The van der Waals surface area contributed by atoms with Crippen molar-refractivity contribution in [1.29, 1.82) is 0 Å². The van der Waals surface area contributed by atoms with Gasteiger partial charge >= 0.3 is 5.97 Å². The molecule has 72 valence electrons. The van der Waals surface area contributed by atoms with Crippen LogP contribution in [0.1, 0.15) is 40.5 Å². The molecule has 0 spiro atoms. The summed E-state index contributed by atoms with van der Waals surface area (Å²) in [6.07, 6.45) is 1.57. The van der Waals surface area contributed by atoms with Gasteiger partial charge in [-0.2, -0.15) is 0 Å². The third kappa shape index (κ3) is 5.42. The fraction of sp³-hybridized carbons (Fsp3) is 0.889. The monoisotopic (exact) mass is 192 g/mol. The highest BCUT2D eigenvalue weighted by Gasteiger charge is 2.22.